The van der Waals surface area contributed by atoms with Crippen molar-refractivity contribution in [3.05, 3.63) is 0 Å². The molecule has 1 saturated carbocycles. The molecule has 0 unspecified atom stereocenters. The van der Waals surface area contributed by atoms with E-state index in [9.17, 15) is 4.79 Å². The summed E-state index contributed by atoms with van der Waals surface area (Å²) in [5, 5.41) is 3.44. The number of rotatable bonds is 6. The smallest absolute Gasteiger partial charge is 0.217 e. The molecule has 3 N–H and O–H groups in total. The molecule has 1 aliphatic rings. The summed E-state index contributed by atoms with van der Waals surface area (Å²) < 4.78 is 0. The number of unbranched alkanes of at least 4 members (excludes halogenated alkanes) is 1. The van der Waals surface area contributed by atoms with Crippen LogP contribution in [-0.2, 0) is 4.79 Å². The van der Waals surface area contributed by atoms with Crippen molar-refractivity contribution in [2.45, 2.75) is 44.6 Å². The van der Waals surface area contributed by atoms with Crippen molar-refractivity contribution in [2.24, 2.45) is 5.73 Å². The number of nitrogens with one attached hydrogen (secondary N) is 1. The Labute approximate surface area is 73.7 Å². The summed E-state index contributed by atoms with van der Waals surface area (Å²) in [6.45, 7) is 1.04. The summed E-state index contributed by atoms with van der Waals surface area (Å²) in [5.41, 5.74) is 5.01. The molecule has 3 nitrogen and oxygen atoms in total. The lowest BCUT2D eigenvalue weighted by Gasteiger charge is -2.26. The normalized spacial score (nSPS) is 17.3. The van der Waals surface area contributed by atoms with Crippen molar-refractivity contribution < 1.29 is 4.79 Å². The van der Waals surface area contributed by atoms with Crippen LogP contribution in [0.25, 0.3) is 0 Å². The van der Waals surface area contributed by atoms with Crippen LogP contribution in [0, 0.1) is 0 Å². The van der Waals surface area contributed by atoms with Crippen molar-refractivity contribution in [1.29, 1.82) is 0 Å². The van der Waals surface area contributed by atoms with E-state index < -0.39 is 0 Å². The predicted molar refractivity (Wildman–Crippen MR) is 48.7 cm³/mol. The first-order valence-electron chi connectivity index (χ1n) is 4.81. The fourth-order valence-corrected chi connectivity index (χ4v) is 1.34. The quantitative estimate of drug-likeness (QED) is 0.579. The van der Waals surface area contributed by atoms with Gasteiger partial charge in [-0.1, -0.05) is 6.42 Å². The maximum atomic E-state index is 10.4. The van der Waals surface area contributed by atoms with Gasteiger partial charge in [-0.15, -0.1) is 0 Å². The monoisotopic (exact) mass is 170 g/mol. The Morgan fingerprint density at radius 3 is 2.67 bits per heavy atom. The van der Waals surface area contributed by atoms with Crippen molar-refractivity contribution >= 4 is 5.91 Å². The molecule has 0 aliphatic heterocycles. The minimum Gasteiger partial charge on any atom is -0.370 e. The van der Waals surface area contributed by atoms with E-state index in [4.69, 9.17) is 5.73 Å². The average Bonchev–Trinajstić information content (AvgIpc) is 1.92. The third-order valence-electron chi connectivity index (χ3n) is 2.39. The highest BCUT2D eigenvalue weighted by Gasteiger charge is 2.15. The molecular weight excluding hydrogens is 152 g/mol. The zero-order valence-corrected chi connectivity index (χ0v) is 7.51. The van der Waals surface area contributed by atoms with Crippen LogP contribution in [0.4, 0.5) is 0 Å². The van der Waals surface area contributed by atoms with Crippen LogP contribution >= 0.6 is 0 Å². The number of primary amides is 1. The first-order valence-corrected chi connectivity index (χ1v) is 4.81. The largest absolute Gasteiger partial charge is 0.370 e. The van der Waals surface area contributed by atoms with Crippen LogP contribution < -0.4 is 11.1 Å². The van der Waals surface area contributed by atoms with Crippen molar-refractivity contribution in [3.8, 4) is 0 Å². The van der Waals surface area contributed by atoms with Crippen LogP contribution in [0.15, 0.2) is 0 Å². The van der Waals surface area contributed by atoms with E-state index in [1.165, 1.54) is 19.3 Å². The first kappa shape index (κ1) is 9.52. The van der Waals surface area contributed by atoms with Gasteiger partial charge < -0.3 is 11.1 Å². The highest BCUT2D eigenvalue weighted by Crippen LogP contribution is 2.17. The highest BCUT2D eigenvalue weighted by atomic mass is 16.1. The van der Waals surface area contributed by atoms with Gasteiger partial charge in [0.1, 0.15) is 0 Å². The fourth-order valence-electron chi connectivity index (χ4n) is 1.34. The van der Waals surface area contributed by atoms with Crippen LogP contribution in [0.3, 0.4) is 0 Å². The van der Waals surface area contributed by atoms with E-state index >= 15 is 0 Å². The van der Waals surface area contributed by atoms with Crippen LogP contribution in [-0.4, -0.2) is 18.5 Å². The number of hydrogen-bond donors (Lipinski definition) is 2. The van der Waals surface area contributed by atoms with Gasteiger partial charge in [0, 0.05) is 12.5 Å². The highest BCUT2D eigenvalue weighted by molar-refractivity contribution is 5.73. The summed E-state index contributed by atoms with van der Waals surface area (Å²) in [7, 11) is 0. The molecule has 0 heterocycles. The zero-order chi connectivity index (χ0) is 8.81. The maximum Gasteiger partial charge on any atom is 0.217 e. The van der Waals surface area contributed by atoms with E-state index in [2.05, 4.69) is 5.32 Å². The van der Waals surface area contributed by atoms with Gasteiger partial charge in [0.2, 0.25) is 5.91 Å². The van der Waals surface area contributed by atoms with E-state index in [1.807, 2.05) is 0 Å². The summed E-state index contributed by atoms with van der Waals surface area (Å²) in [6, 6.07) is 0.763. The lowest BCUT2D eigenvalue weighted by atomic mass is 9.93. The number of hydrogen-bond acceptors (Lipinski definition) is 2. The molecule has 0 spiro atoms. The summed E-state index contributed by atoms with van der Waals surface area (Å²) in [6.07, 6.45) is 6.56. The molecule has 0 bridgehead atoms. The molecule has 1 rings (SSSR count). The Bertz CT molecular complexity index is 143. The molecule has 0 atom stereocenters. The number of nitrogens with two attached hydrogens (primary N) is 1. The maximum absolute atomic E-state index is 10.4. The Balaban J connectivity index is 1.79. The first-order chi connectivity index (χ1) is 5.79. The van der Waals surface area contributed by atoms with Crippen molar-refractivity contribution in [1.82, 2.24) is 5.32 Å². The lowest BCUT2D eigenvalue weighted by molar-refractivity contribution is -0.118. The third kappa shape index (κ3) is 3.72. The minimum atomic E-state index is -0.182. The predicted octanol–water partition coefficient (Wildman–Crippen LogP) is 0.784. The van der Waals surface area contributed by atoms with Gasteiger partial charge in [-0.3, -0.25) is 4.79 Å². The molecule has 1 aliphatic carbocycles. The lowest BCUT2D eigenvalue weighted by Crippen LogP contribution is -2.35. The molecular formula is C9H18N2O. The SMILES string of the molecule is NC(=O)CCCCNC1CCC1. The van der Waals surface area contributed by atoms with Crippen LogP contribution in [0.1, 0.15) is 38.5 Å². The molecule has 0 aromatic rings. The summed E-state index contributed by atoms with van der Waals surface area (Å²) in [4.78, 5) is 10.4. The Hall–Kier alpha value is -0.570. The molecule has 70 valence electrons. The second-order valence-corrected chi connectivity index (χ2v) is 3.51. The van der Waals surface area contributed by atoms with Crippen molar-refractivity contribution in [2.75, 3.05) is 6.54 Å². The second kappa shape index (κ2) is 5.14. The topological polar surface area (TPSA) is 55.1 Å². The number of carbonyl (C=O) groups is 1. The van der Waals surface area contributed by atoms with Gasteiger partial charge in [0.25, 0.3) is 0 Å². The van der Waals surface area contributed by atoms with Gasteiger partial charge in [0.05, 0.1) is 0 Å². The Kier molecular flexibility index (Phi) is 4.08. The third-order valence-corrected chi connectivity index (χ3v) is 2.39. The fraction of sp³-hybridized carbons (Fsp3) is 0.889. The Morgan fingerprint density at radius 2 is 2.17 bits per heavy atom. The molecule has 0 aromatic heterocycles. The summed E-state index contributed by atoms with van der Waals surface area (Å²) >= 11 is 0. The zero-order valence-electron chi connectivity index (χ0n) is 7.51. The molecule has 3 heteroatoms. The van der Waals surface area contributed by atoms with E-state index in [0.29, 0.717) is 6.42 Å². The molecule has 1 fully saturated rings. The van der Waals surface area contributed by atoms with Crippen molar-refractivity contribution in [3.63, 3.8) is 0 Å². The Morgan fingerprint density at radius 1 is 1.42 bits per heavy atom. The van der Waals surface area contributed by atoms with E-state index in [0.717, 1.165) is 25.4 Å². The van der Waals surface area contributed by atoms with Crippen LogP contribution in [0.5, 0.6) is 0 Å². The molecule has 12 heavy (non-hydrogen) atoms. The van der Waals surface area contributed by atoms with E-state index in [1.54, 1.807) is 0 Å². The average molecular weight is 170 g/mol. The van der Waals surface area contributed by atoms with Gasteiger partial charge >= 0.3 is 0 Å². The molecule has 0 saturated heterocycles. The molecule has 0 aromatic carbocycles. The van der Waals surface area contributed by atoms with E-state index in [-0.39, 0.29) is 5.91 Å². The second-order valence-electron chi connectivity index (χ2n) is 3.51. The van der Waals surface area contributed by atoms with Gasteiger partial charge in [-0.2, -0.15) is 0 Å². The number of carbonyl (C=O) groups excluding carboxylic acids is 1. The number of amides is 1. The van der Waals surface area contributed by atoms with Gasteiger partial charge in [0.15, 0.2) is 0 Å². The standard InChI is InChI=1S/C9H18N2O/c10-9(12)6-1-2-7-11-8-4-3-5-8/h8,11H,1-7H2,(H2,10,12). The summed E-state index contributed by atoms with van der Waals surface area (Å²) in [5.74, 6) is -0.182. The van der Waals surface area contributed by atoms with Gasteiger partial charge in [-0.05, 0) is 32.2 Å². The molecule has 0 radical (unpaired) electrons. The van der Waals surface area contributed by atoms with Crippen LogP contribution in [0.2, 0.25) is 0 Å². The van der Waals surface area contributed by atoms with Gasteiger partial charge in [-0.25, -0.2) is 0 Å². The minimum absolute atomic E-state index is 0.182. The molecule has 1 amide bonds.